The average Bonchev–Trinajstić information content (AvgIpc) is 2.71. The highest BCUT2D eigenvalue weighted by atomic mass is 35.5. The summed E-state index contributed by atoms with van der Waals surface area (Å²) in [6, 6.07) is 3.89. The number of H-pyrrole nitrogens is 1. The summed E-state index contributed by atoms with van der Waals surface area (Å²) in [5.74, 6) is 0.702. The Hall–Kier alpha value is -1.19. The topological polar surface area (TPSA) is 51.0 Å². The number of nitrogens with two attached hydrogens (primary N) is 1. The fourth-order valence-corrected chi connectivity index (χ4v) is 2.58. The Balaban J connectivity index is 2.59. The van der Waals surface area contributed by atoms with E-state index in [1.807, 2.05) is 18.3 Å². The lowest BCUT2D eigenvalue weighted by atomic mass is 9.81. The summed E-state index contributed by atoms with van der Waals surface area (Å²) in [7, 11) is 1.63. The van der Waals surface area contributed by atoms with Crippen molar-refractivity contribution in [3.63, 3.8) is 0 Å². The Kier molecular flexibility index (Phi) is 3.55. The number of hydrogen-bond acceptors (Lipinski definition) is 2. The first-order chi connectivity index (χ1) is 8.49. The third-order valence-electron chi connectivity index (χ3n) is 3.45. The van der Waals surface area contributed by atoms with Crippen molar-refractivity contribution < 1.29 is 4.74 Å². The number of fused-ring (bicyclic) bond motifs is 1. The monoisotopic (exact) mass is 266 g/mol. The van der Waals surface area contributed by atoms with Crippen molar-refractivity contribution >= 4 is 22.5 Å². The third kappa shape index (κ3) is 2.20. The minimum absolute atomic E-state index is 0.0336. The quantitative estimate of drug-likeness (QED) is 0.890. The van der Waals surface area contributed by atoms with E-state index in [1.54, 1.807) is 7.11 Å². The Bertz CT molecular complexity index is 560. The van der Waals surface area contributed by atoms with Crippen molar-refractivity contribution in [3.05, 3.63) is 28.9 Å². The molecule has 3 nitrogen and oxygen atoms in total. The highest BCUT2D eigenvalue weighted by molar-refractivity contribution is 6.32. The van der Waals surface area contributed by atoms with Gasteiger partial charge in [-0.3, -0.25) is 0 Å². The van der Waals surface area contributed by atoms with Gasteiger partial charge >= 0.3 is 0 Å². The largest absolute Gasteiger partial charge is 0.495 e. The summed E-state index contributed by atoms with van der Waals surface area (Å²) in [5, 5.41) is 1.77. The van der Waals surface area contributed by atoms with Crippen LogP contribution in [0.4, 0.5) is 0 Å². The molecule has 0 saturated heterocycles. The SMILES string of the molecule is COc1cc2c(C(C)(C)CCN)c[nH]c2cc1Cl. The molecule has 2 aromatic rings. The highest BCUT2D eigenvalue weighted by Crippen LogP contribution is 2.37. The van der Waals surface area contributed by atoms with Crippen LogP contribution < -0.4 is 10.5 Å². The number of hydrogen-bond donors (Lipinski definition) is 2. The molecule has 98 valence electrons. The first-order valence-corrected chi connectivity index (χ1v) is 6.42. The van der Waals surface area contributed by atoms with Crippen LogP contribution in [0.15, 0.2) is 18.3 Å². The van der Waals surface area contributed by atoms with Crippen molar-refractivity contribution in [3.8, 4) is 5.75 Å². The molecule has 0 unspecified atom stereocenters. The second-order valence-electron chi connectivity index (χ2n) is 5.16. The number of halogens is 1. The Morgan fingerprint density at radius 2 is 2.11 bits per heavy atom. The second-order valence-corrected chi connectivity index (χ2v) is 5.56. The van der Waals surface area contributed by atoms with Crippen LogP contribution in [0.3, 0.4) is 0 Å². The molecule has 0 aliphatic carbocycles. The summed E-state index contributed by atoms with van der Waals surface area (Å²) in [6.07, 6.45) is 2.97. The van der Waals surface area contributed by atoms with Gasteiger partial charge in [-0.15, -0.1) is 0 Å². The van der Waals surface area contributed by atoms with E-state index in [2.05, 4.69) is 18.8 Å². The lowest BCUT2D eigenvalue weighted by Gasteiger charge is -2.23. The minimum atomic E-state index is 0.0336. The van der Waals surface area contributed by atoms with E-state index in [0.29, 0.717) is 17.3 Å². The van der Waals surface area contributed by atoms with Crippen LogP contribution in [-0.4, -0.2) is 18.6 Å². The van der Waals surface area contributed by atoms with Gasteiger partial charge in [0.1, 0.15) is 5.75 Å². The van der Waals surface area contributed by atoms with E-state index in [-0.39, 0.29) is 5.41 Å². The maximum absolute atomic E-state index is 6.12. The molecule has 0 radical (unpaired) electrons. The van der Waals surface area contributed by atoms with E-state index in [9.17, 15) is 0 Å². The van der Waals surface area contributed by atoms with Crippen molar-refractivity contribution in [1.29, 1.82) is 0 Å². The molecule has 0 spiro atoms. The summed E-state index contributed by atoms with van der Waals surface area (Å²) in [6.45, 7) is 5.07. The molecule has 18 heavy (non-hydrogen) atoms. The number of ether oxygens (including phenoxy) is 1. The highest BCUT2D eigenvalue weighted by Gasteiger charge is 2.23. The molecule has 0 aliphatic rings. The Morgan fingerprint density at radius 3 is 2.72 bits per heavy atom. The molecule has 2 rings (SSSR count). The van der Waals surface area contributed by atoms with Crippen molar-refractivity contribution in [2.45, 2.75) is 25.7 Å². The maximum Gasteiger partial charge on any atom is 0.138 e. The molecule has 4 heteroatoms. The molecular weight excluding hydrogens is 248 g/mol. The zero-order valence-corrected chi connectivity index (χ0v) is 11.8. The number of methoxy groups -OCH3 is 1. The number of aromatic nitrogens is 1. The van der Waals surface area contributed by atoms with Gasteiger partial charge in [0.2, 0.25) is 0 Å². The molecule has 0 atom stereocenters. The van der Waals surface area contributed by atoms with E-state index >= 15 is 0 Å². The predicted octanol–water partition coefficient (Wildman–Crippen LogP) is 3.46. The van der Waals surface area contributed by atoms with Gasteiger partial charge in [-0.2, -0.15) is 0 Å². The number of rotatable bonds is 4. The van der Waals surface area contributed by atoms with Crippen LogP contribution in [0, 0.1) is 0 Å². The van der Waals surface area contributed by atoms with Gasteiger partial charge in [0.05, 0.1) is 12.1 Å². The van der Waals surface area contributed by atoms with Crippen molar-refractivity contribution in [2.75, 3.05) is 13.7 Å². The first-order valence-electron chi connectivity index (χ1n) is 6.05. The van der Waals surface area contributed by atoms with Gasteiger partial charge < -0.3 is 15.5 Å². The smallest absolute Gasteiger partial charge is 0.138 e. The van der Waals surface area contributed by atoms with E-state index in [0.717, 1.165) is 17.3 Å². The molecule has 0 aliphatic heterocycles. The normalized spacial score (nSPS) is 12.1. The Morgan fingerprint density at radius 1 is 1.39 bits per heavy atom. The molecule has 0 saturated carbocycles. The minimum Gasteiger partial charge on any atom is -0.495 e. The standard InChI is InChI=1S/C14H19ClN2O/c1-14(2,4-5-16)10-8-17-12-7-11(15)13(18-3)6-9(10)12/h6-8,17H,4-5,16H2,1-3H3. The fourth-order valence-electron chi connectivity index (χ4n) is 2.34. The third-order valence-corrected chi connectivity index (χ3v) is 3.75. The average molecular weight is 267 g/mol. The molecule has 1 aromatic heterocycles. The van der Waals surface area contributed by atoms with Gasteiger partial charge in [0, 0.05) is 17.1 Å². The van der Waals surface area contributed by atoms with Crippen LogP contribution in [0.2, 0.25) is 5.02 Å². The molecule has 1 heterocycles. The van der Waals surface area contributed by atoms with Crippen LogP contribution in [0.25, 0.3) is 10.9 Å². The predicted molar refractivity (Wildman–Crippen MR) is 76.6 cm³/mol. The lowest BCUT2D eigenvalue weighted by Crippen LogP contribution is -2.21. The molecule has 1 aromatic carbocycles. The van der Waals surface area contributed by atoms with Gasteiger partial charge in [-0.25, -0.2) is 0 Å². The first kappa shape index (κ1) is 13.2. The summed E-state index contributed by atoms with van der Waals surface area (Å²) < 4.78 is 5.28. The number of aromatic amines is 1. The van der Waals surface area contributed by atoms with E-state index < -0.39 is 0 Å². The zero-order valence-electron chi connectivity index (χ0n) is 11.0. The van der Waals surface area contributed by atoms with Gasteiger partial charge in [0.15, 0.2) is 0 Å². The molecule has 3 N–H and O–H groups in total. The van der Waals surface area contributed by atoms with Gasteiger partial charge in [-0.1, -0.05) is 25.4 Å². The number of benzene rings is 1. The number of nitrogens with one attached hydrogen (secondary N) is 1. The lowest BCUT2D eigenvalue weighted by molar-refractivity contribution is 0.415. The van der Waals surface area contributed by atoms with E-state index in [1.165, 1.54) is 5.56 Å². The Labute approximate surface area is 112 Å². The van der Waals surface area contributed by atoms with Crippen molar-refractivity contribution in [1.82, 2.24) is 4.98 Å². The van der Waals surface area contributed by atoms with Gasteiger partial charge in [-0.05, 0) is 36.1 Å². The van der Waals surface area contributed by atoms with E-state index in [4.69, 9.17) is 22.1 Å². The molecule has 0 bridgehead atoms. The molecule has 0 fully saturated rings. The zero-order chi connectivity index (χ0) is 13.3. The summed E-state index contributed by atoms with van der Waals surface area (Å²) in [5.41, 5.74) is 8.00. The van der Waals surface area contributed by atoms with Crippen LogP contribution >= 0.6 is 11.6 Å². The maximum atomic E-state index is 6.12. The summed E-state index contributed by atoms with van der Waals surface area (Å²) in [4.78, 5) is 3.26. The summed E-state index contributed by atoms with van der Waals surface area (Å²) >= 11 is 6.12. The van der Waals surface area contributed by atoms with Crippen molar-refractivity contribution in [2.24, 2.45) is 5.73 Å². The fraction of sp³-hybridized carbons (Fsp3) is 0.429. The second kappa shape index (κ2) is 4.82. The van der Waals surface area contributed by atoms with Crippen LogP contribution in [0.5, 0.6) is 5.75 Å². The van der Waals surface area contributed by atoms with Crippen LogP contribution in [-0.2, 0) is 5.41 Å². The van der Waals surface area contributed by atoms with Gasteiger partial charge in [0.25, 0.3) is 0 Å². The molecule has 0 amide bonds. The van der Waals surface area contributed by atoms with Crippen LogP contribution in [0.1, 0.15) is 25.8 Å². The molecular formula is C14H19ClN2O.